The molecular weight excluding hydrogens is 450 g/mol. The lowest BCUT2D eigenvalue weighted by Crippen LogP contribution is -2.26. The first-order chi connectivity index (χ1) is 16.5. The van der Waals surface area contributed by atoms with Crippen LogP contribution in [0, 0.1) is 6.92 Å². The van der Waals surface area contributed by atoms with Crippen molar-refractivity contribution in [3.05, 3.63) is 65.0 Å². The molecule has 0 aliphatic heterocycles. The molecule has 2 N–H and O–H groups in total. The van der Waals surface area contributed by atoms with E-state index in [9.17, 15) is 9.59 Å². The van der Waals surface area contributed by atoms with Gasteiger partial charge in [0.1, 0.15) is 11.6 Å². The second kappa shape index (κ2) is 12.2. The van der Waals surface area contributed by atoms with Crippen LogP contribution in [0.3, 0.4) is 0 Å². The zero-order valence-corrected chi connectivity index (χ0v) is 20.9. The molecule has 1 heterocycles. The van der Waals surface area contributed by atoms with E-state index in [4.69, 9.17) is 4.74 Å². The Bertz CT molecular complexity index is 1130. The molecule has 2 amide bonds. The van der Waals surface area contributed by atoms with Gasteiger partial charge < -0.3 is 19.9 Å². The Labute approximate surface area is 204 Å². The summed E-state index contributed by atoms with van der Waals surface area (Å²) in [4.78, 5) is 24.9. The van der Waals surface area contributed by atoms with Gasteiger partial charge in [0.15, 0.2) is 5.16 Å². The smallest absolute Gasteiger partial charge is 0.251 e. The predicted molar refractivity (Wildman–Crippen MR) is 135 cm³/mol. The van der Waals surface area contributed by atoms with Crippen LogP contribution in [0.5, 0.6) is 5.75 Å². The average Bonchev–Trinajstić information content (AvgIpc) is 3.25. The zero-order valence-electron chi connectivity index (χ0n) is 20.1. The van der Waals surface area contributed by atoms with Gasteiger partial charge in [-0.05, 0) is 55.7 Å². The maximum Gasteiger partial charge on any atom is 0.251 e. The molecule has 0 saturated heterocycles. The van der Waals surface area contributed by atoms with Crippen molar-refractivity contribution in [2.45, 2.75) is 45.3 Å². The molecule has 3 rings (SSSR count). The first-order valence-electron chi connectivity index (χ1n) is 11.3. The SMILES string of the molecule is CCc1cccc(C)c1NC(=O)CSc1nnc(CCNC(=O)c2ccc(OC)cc2)n1CC. The fourth-order valence-electron chi connectivity index (χ4n) is 3.57. The molecule has 0 bridgehead atoms. The molecule has 9 heteroatoms. The van der Waals surface area contributed by atoms with Gasteiger partial charge in [-0.2, -0.15) is 0 Å². The van der Waals surface area contributed by atoms with Gasteiger partial charge in [-0.1, -0.05) is 36.9 Å². The van der Waals surface area contributed by atoms with Crippen molar-refractivity contribution in [1.82, 2.24) is 20.1 Å². The number of amides is 2. The van der Waals surface area contributed by atoms with Gasteiger partial charge >= 0.3 is 0 Å². The molecule has 0 unspecified atom stereocenters. The Morgan fingerprint density at radius 1 is 1.09 bits per heavy atom. The number of benzene rings is 2. The Morgan fingerprint density at radius 3 is 2.53 bits per heavy atom. The number of hydrogen-bond acceptors (Lipinski definition) is 6. The minimum atomic E-state index is -0.154. The number of thioether (sulfide) groups is 1. The highest BCUT2D eigenvalue weighted by Crippen LogP contribution is 2.23. The maximum atomic E-state index is 12.6. The van der Waals surface area contributed by atoms with Crippen molar-refractivity contribution < 1.29 is 14.3 Å². The van der Waals surface area contributed by atoms with Crippen LogP contribution < -0.4 is 15.4 Å². The number of carbonyl (C=O) groups is 2. The number of anilines is 1. The third-order valence-corrected chi connectivity index (χ3v) is 6.40. The molecule has 0 saturated carbocycles. The normalized spacial score (nSPS) is 10.7. The largest absolute Gasteiger partial charge is 0.497 e. The summed E-state index contributed by atoms with van der Waals surface area (Å²) in [7, 11) is 1.59. The molecule has 8 nitrogen and oxygen atoms in total. The highest BCUT2D eigenvalue weighted by atomic mass is 32.2. The minimum absolute atomic E-state index is 0.0760. The summed E-state index contributed by atoms with van der Waals surface area (Å²) in [5.41, 5.74) is 3.63. The number of aryl methyl sites for hydroxylation is 2. The molecule has 0 aliphatic carbocycles. The van der Waals surface area contributed by atoms with Gasteiger partial charge in [-0.15, -0.1) is 10.2 Å². The number of para-hydroxylation sites is 1. The topological polar surface area (TPSA) is 98.1 Å². The molecule has 3 aromatic rings. The number of ether oxygens (including phenoxy) is 1. The summed E-state index contributed by atoms with van der Waals surface area (Å²) in [6.07, 6.45) is 1.39. The number of carbonyl (C=O) groups excluding carboxylic acids is 2. The van der Waals surface area contributed by atoms with Crippen molar-refractivity contribution in [1.29, 1.82) is 0 Å². The van der Waals surface area contributed by atoms with Gasteiger partial charge in [0.2, 0.25) is 5.91 Å². The van der Waals surface area contributed by atoms with Crippen LogP contribution in [0.4, 0.5) is 5.69 Å². The number of aromatic nitrogens is 3. The van der Waals surface area contributed by atoms with Gasteiger partial charge in [0.25, 0.3) is 5.91 Å². The Hall–Kier alpha value is -3.33. The third kappa shape index (κ3) is 6.38. The van der Waals surface area contributed by atoms with Gasteiger partial charge in [0.05, 0.1) is 12.9 Å². The van der Waals surface area contributed by atoms with Crippen molar-refractivity contribution in [2.75, 3.05) is 24.7 Å². The monoisotopic (exact) mass is 481 g/mol. The highest BCUT2D eigenvalue weighted by molar-refractivity contribution is 7.99. The maximum absolute atomic E-state index is 12.6. The quantitative estimate of drug-likeness (QED) is 0.403. The summed E-state index contributed by atoms with van der Waals surface area (Å²) in [5, 5.41) is 15.2. The van der Waals surface area contributed by atoms with Crippen LogP contribution in [-0.2, 0) is 24.2 Å². The molecular formula is C25H31N5O3S. The van der Waals surface area contributed by atoms with Crippen LogP contribution in [0.15, 0.2) is 47.6 Å². The zero-order chi connectivity index (χ0) is 24.5. The summed E-state index contributed by atoms with van der Waals surface area (Å²) >= 11 is 1.36. The standard InChI is InChI=1S/C25H31N5O3S/c1-5-18-9-7-8-17(3)23(18)27-22(31)16-34-25-29-28-21(30(25)6-2)14-15-26-24(32)19-10-12-20(33-4)13-11-19/h7-13H,5-6,14-16H2,1-4H3,(H,26,32)(H,27,31). The van der Waals surface area contributed by atoms with Crippen LogP contribution in [0.2, 0.25) is 0 Å². The Morgan fingerprint density at radius 2 is 1.85 bits per heavy atom. The van der Waals surface area contributed by atoms with Crippen LogP contribution in [-0.4, -0.2) is 46.0 Å². The molecule has 2 aromatic carbocycles. The van der Waals surface area contributed by atoms with Crippen molar-refractivity contribution in [3.63, 3.8) is 0 Å². The summed E-state index contributed by atoms with van der Waals surface area (Å²) < 4.78 is 7.09. The van der Waals surface area contributed by atoms with E-state index in [0.717, 1.165) is 29.1 Å². The fourth-order valence-corrected chi connectivity index (χ4v) is 4.39. The number of nitrogens with one attached hydrogen (secondary N) is 2. The number of hydrogen-bond donors (Lipinski definition) is 2. The third-order valence-electron chi connectivity index (χ3n) is 5.43. The number of methoxy groups -OCH3 is 1. The molecule has 0 fully saturated rings. The van der Waals surface area contributed by atoms with E-state index in [1.54, 1.807) is 31.4 Å². The van der Waals surface area contributed by atoms with Gasteiger partial charge in [0, 0.05) is 30.8 Å². The Balaban J connectivity index is 1.53. The van der Waals surface area contributed by atoms with Crippen molar-refractivity contribution in [2.24, 2.45) is 0 Å². The average molecular weight is 482 g/mol. The summed E-state index contributed by atoms with van der Waals surface area (Å²) in [6, 6.07) is 13.0. The van der Waals surface area contributed by atoms with Crippen LogP contribution in [0.1, 0.15) is 41.2 Å². The summed E-state index contributed by atoms with van der Waals surface area (Å²) in [6.45, 7) is 7.19. The van der Waals surface area contributed by atoms with Crippen LogP contribution in [0.25, 0.3) is 0 Å². The van der Waals surface area contributed by atoms with Gasteiger partial charge in [-0.25, -0.2) is 0 Å². The van der Waals surface area contributed by atoms with E-state index < -0.39 is 0 Å². The van der Waals surface area contributed by atoms with Gasteiger partial charge in [-0.3, -0.25) is 9.59 Å². The van der Waals surface area contributed by atoms with E-state index in [1.807, 2.05) is 36.6 Å². The first-order valence-corrected chi connectivity index (χ1v) is 12.3. The lowest BCUT2D eigenvalue weighted by atomic mass is 10.1. The van der Waals surface area contributed by atoms with Crippen molar-refractivity contribution >= 4 is 29.3 Å². The lowest BCUT2D eigenvalue weighted by molar-refractivity contribution is -0.113. The van der Waals surface area contributed by atoms with E-state index in [-0.39, 0.29) is 17.6 Å². The predicted octanol–water partition coefficient (Wildman–Crippen LogP) is 3.88. The summed E-state index contributed by atoms with van der Waals surface area (Å²) in [5.74, 6) is 1.49. The molecule has 0 radical (unpaired) electrons. The van der Waals surface area contributed by atoms with E-state index in [2.05, 4.69) is 27.8 Å². The second-order valence-electron chi connectivity index (χ2n) is 7.68. The molecule has 0 aliphatic rings. The first kappa shape index (κ1) is 25.3. The molecule has 0 spiro atoms. The molecule has 0 atom stereocenters. The molecule has 180 valence electrons. The fraction of sp³-hybridized carbons (Fsp3) is 0.360. The lowest BCUT2D eigenvalue weighted by Gasteiger charge is -2.13. The number of nitrogens with zero attached hydrogens (tertiary/aromatic N) is 3. The van der Waals surface area contributed by atoms with E-state index in [0.29, 0.717) is 36.0 Å². The Kier molecular flexibility index (Phi) is 9.09. The molecule has 34 heavy (non-hydrogen) atoms. The number of rotatable bonds is 11. The van der Waals surface area contributed by atoms with Crippen molar-refractivity contribution in [3.8, 4) is 5.75 Å². The minimum Gasteiger partial charge on any atom is -0.497 e. The van der Waals surface area contributed by atoms with Crippen LogP contribution >= 0.6 is 11.8 Å². The highest BCUT2D eigenvalue weighted by Gasteiger charge is 2.15. The second-order valence-corrected chi connectivity index (χ2v) is 8.62. The molecule has 1 aromatic heterocycles. The van der Waals surface area contributed by atoms with E-state index in [1.165, 1.54) is 11.8 Å². The van der Waals surface area contributed by atoms with E-state index >= 15 is 0 Å².